The van der Waals surface area contributed by atoms with E-state index in [0.717, 1.165) is 45.3 Å². The third-order valence-corrected chi connectivity index (χ3v) is 5.80. The fraction of sp³-hybridized carbons (Fsp3) is 0.588. The van der Waals surface area contributed by atoms with Crippen LogP contribution in [0.3, 0.4) is 0 Å². The van der Waals surface area contributed by atoms with Gasteiger partial charge in [-0.25, -0.2) is 8.42 Å². The lowest BCUT2D eigenvalue weighted by Crippen LogP contribution is -2.50. The molecule has 1 atom stereocenters. The minimum atomic E-state index is -3.23. The fourth-order valence-electron chi connectivity index (χ4n) is 3.24. The van der Waals surface area contributed by atoms with Crippen molar-refractivity contribution in [2.45, 2.75) is 23.8 Å². The summed E-state index contributed by atoms with van der Waals surface area (Å²) < 4.78 is 28.6. The van der Waals surface area contributed by atoms with Crippen LogP contribution in [-0.4, -0.2) is 75.8 Å². The number of hydrogen-bond donors (Lipinski definition) is 0. The molecule has 0 aliphatic carbocycles. The molecule has 0 bridgehead atoms. The van der Waals surface area contributed by atoms with Crippen molar-refractivity contribution in [3.05, 3.63) is 29.8 Å². The van der Waals surface area contributed by atoms with E-state index in [-0.39, 0.29) is 10.8 Å². The maximum atomic E-state index is 12.5. The molecule has 2 aliphatic heterocycles. The topological polar surface area (TPSA) is 66.9 Å². The summed E-state index contributed by atoms with van der Waals surface area (Å²) in [4.78, 5) is 17.0. The molecule has 0 spiro atoms. The molecule has 1 unspecified atom stereocenters. The number of hydrogen-bond acceptors (Lipinski definition) is 5. The zero-order valence-electron chi connectivity index (χ0n) is 14.0. The van der Waals surface area contributed by atoms with Gasteiger partial charge < -0.3 is 9.64 Å². The van der Waals surface area contributed by atoms with E-state index < -0.39 is 9.84 Å². The fourth-order valence-corrected chi connectivity index (χ4v) is 3.87. The first-order valence-corrected chi connectivity index (χ1v) is 10.3. The Labute approximate surface area is 143 Å². The lowest BCUT2D eigenvalue weighted by molar-refractivity contribution is 0.0432. The number of rotatable bonds is 4. The maximum Gasteiger partial charge on any atom is 0.253 e. The summed E-state index contributed by atoms with van der Waals surface area (Å²) in [7, 11) is -3.23. The van der Waals surface area contributed by atoms with E-state index in [1.54, 1.807) is 12.1 Å². The van der Waals surface area contributed by atoms with Crippen molar-refractivity contribution in [2.24, 2.45) is 0 Å². The van der Waals surface area contributed by atoms with Crippen LogP contribution in [0.1, 0.15) is 23.2 Å². The van der Waals surface area contributed by atoms with Crippen LogP contribution in [0, 0.1) is 0 Å². The normalized spacial score (nSPS) is 22.7. The van der Waals surface area contributed by atoms with Gasteiger partial charge in [-0.05, 0) is 37.1 Å². The molecule has 0 aromatic heterocycles. The van der Waals surface area contributed by atoms with Gasteiger partial charge in [0.1, 0.15) is 0 Å². The van der Waals surface area contributed by atoms with Crippen molar-refractivity contribution in [1.29, 1.82) is 0 Å². The highest BCUT2D eigenvalue weighted by Gasteiger charge is 2.25. The Kier molecular flexibility index (Phi) is 5.22. The van der Waals surface area contributed by atoms with Gasteiger partial charge in [0.2, 0.25) is 0 Å². The first kappa shape index (κ1) is 17.4. The van der Waals surface area contributed by atoms with Crippen LogP contribution in [0.5, 0.6) is 0 Å². The van der Waals surface area contributed by atoms with Crippen molar-refractivity contribution in [3.63, 3.8) is 0 Å². The zero-order valence-corrected chi connectivity index (χ0v) is 14.8. The predicted molar refractivity (Wildman–Crippen MR) is 90.9 cm³/mol. The number of nitrogens with zero attached hydrogens (tertiary/aromatic N) is 2. The molecule has 0 saturated carbocycles. The molecule has 2 aliphatic rings. The first-order valence-electron chi connectivity index (χ1n) is 8.37. The van der Waals surface area contributed by atoms with Crippen molar-refractivity contribution < 1.29 is 17.9 Å². The number of ether oxygens (including phenoxy) is 1. The SMILES string of the molecule is CS(=O)(=O)c1ccc(C(=O)N2CCN(CC3CCCO3)CC2)cc1. The van der Waals surface area contributed by atoms with Crippen LogP contribution in [0.15, 0.2) is 29.2 Å². The van der Waals surface area contributed by atoms with Gasteiger partial charge in [-0.2, -0.15) is 0 Å². The molecular weight excluding hydrogens is 328 g/mol. The molecule has 7 heteroatoms. The molecule has 1 amide bonds. The second kappa shape index (κ2) is 7.21. The molecule has 0 N–H and O–H groups in total. The Balaban J connectivity index is 1.54. The number of carbonyl (C=O) groups is 1. The van der Waals surface area contributed by atoms with Gasteiger partial charge in [0.25, 0.3) is 5.91 Å². The van der Waals surface area contributed by atoms with Gasteiger partial charge in [-0.1, -0.05) is 0 Å². The van der Waals surface area contributed by atoms with E-state index >= 15 is 0 Å². The molecule has 132 valence electrons. The molecule has 2 heterocycles. The van der Waals surface area contributed by atoms with Crippen molar-refractivity contribution in [2.75, 3.05) is 45.6 Å². The van der Waals surface area contributed by atoms with Gasteiger partial charge in [0, 0.05) is 51.1 Å². The molecule has 1 aromatic carbocycles. The average molecular weight is 352 g/mol. The summed E-state index contributed by atoms with van der Waals surface area (Å²) in [5.41, 5.74) is 0.537. The first-order chi connectivity index (χ1) is 11.4. The van der Waals surface area contributed by atoms with Gasteiger partial charge in [-0.15, -0.1) is 0 Å². The molecule has 24 heavy (non-hydrogen) atoms. The number of carbonyl (C=O) groups excluding carboxylic acids is 1. The van der Waals surface area contributed by atoms with Gasteiger partial charge in [0.15, 0.2) is 9.84 Å². The van der Waals surface area contributed by atoms with E-state index in [1.807, 2.05) is 4.90 Å². The Hall–Kier alpha value is -1.44. The second-order valence-corrected chi connectivity index (χ2v) is 8.54. The van der Waals surface area contributed by atoms with Gasteiger partial charge in [0.05, 0.1) is 11.0 Å². The Morgan fingerprint density at radius 1 is 1.17 bits per heavy atom. The van der Waals surface area contributed by atoms with Gasteiger partial charge in [-0.3, -0.25) is 9.69 Å². The third kappa shape index (κ3) is 4.15. The van der Waals surface area contributed by atoms with Crippen LogP contribution >= 0.6 is 0 Å². The number of benzene rings is 1. The van der Waals surface area contributed by atoms with Crippen LogP contribution in [0.25, 0.3) is 0 Å². The summed E-state index contributed by atoms with van der Waals surface area (Å²) >= 11 is 0. The van der Waals surface area contributed by atoms with Gasteiger partial charge >= 0.3 is 0 Å². The maximum absolute atomic E-state index is 12.5. The number of amides is 1. The summed E-state index contributed by atoms with van der Waals surface area (Å²) in [5.74, 6) is -0.0354. The molecule has 2 fully saturated rings. The van der Waals surface area contributed by atoms with E-state index in [2.05, 4.69) is 4.90 Å². The largest absolute Gasteiger partial charge is 0.377 e. The highest BCUT2D eigenvalue weighted by atomic mass is 32.2. The Morgan fingerprint density at radius 3 is 2.38 bits per heavy atom. The van der Waals surface area contributed by atoms with E-state index in [0.29, 0.717) is 24.8 Å². The smallest absolute Gasteiger partial charge is 0.253 e. The standard InChI is InChI=1S/C17H24N2O4S/c1-24(21,22)16-6-4-14(5-7-16)17(20)19-10-8-18(9-11-19)13-15-3-2-12-23-15/h4-7,15H,2-3,8-13H2,1H3. The molecular formula is C17H24N2O4S. The summed E-state index contributed by atoms with van der Waals surface area (Å²) in [5, 5.41) is 0. The minimum absolute atomic E-state index is 0.0354. The van der Waals surface area contributed by atoms with E-state index in [1.165, 1.54) is 12.1 Å². The molecule has 0 radical (unpaired) electrons. The van der Waals surface area contributed by atoms with Crippen LogP contribution in [0.2, 0.25) is 0 Å². The van der Waals surface area contributed by atoms with Crippen LogP contribution < -0.4 is 0 Å². The summed E-state index contributed by atoms with van der Waals surface area (Å²) in [6, 6.07) is 6.18. The van der Waals surface area contributed by atoms with Crippen molar-refractivity contribution in [3.8, 4) is 0 Å². The average Bonchev–Trinajstić information content (AvgIpc) is 3.07. The van der Waals surface area contributed by atoms with E-state index in [4.69, 9.17) is 4.74 Å². The van der Waals surface area contributed by atoms with Crippen molar-refractivity contribution >= 4 is 15.7 Å². The Morgan fingerprint density at radius 2 is 1.83 bits per heavy atom. The lowest BCUT2D eigenvalue weighted by Gasteiger charge is -2.35. The highest BCUT2D eigenvalue weighted by molar-refractivity contribution is 7.90. The third-order valence-electron chi connectivity index (χ3n) is 4.67. The molecule has 2 saturated heterocycles. The van der Waals surface area contributed by atoms with E-state index in [9.17, 15) is 13.2 Å². The molecule has 6 nitrogen and oxygen atoms in total. The monoisotopic (exact) mass is 352 g/mol. The lowest BCUT2D eigenvalue weighted by atomic mass is 10.1. The number of sulfone groups is 1. The molecule has 1 aromatic rings. The summed E-state index contributed by atoms with van der Waals surface area (Å²) in [6.07, 6.45) is 3.78. The second-order valence-electron chi connectivity index (χ2n) is 6.52. The summed E-state index contributed by atoms with van der Waals surface area (Å²) in [6.45, 7) is 4.91. The quantitative estimate of drug-likeness (QED) is 0.810. The van der Waals surface area contributed by atoms with Crippen molar-refractivity contribution in [1.82, 2.24) is 9.80 Å². The zero-order chi connectivity index (χ0) is 17.2. The number of piperazine rings is 1. The highest BCUT2D eigenvalue weighted by Crippen LogP contribution is 2.16. The Bertz CT molecular complexity index is 673. The molecule has 3 rings (SSSR count). The minimum Gasteiger partial charge on any atom is -0.377 e. The van der Waals surface area contributed by atoms with Crippen LogP contribution in [0.4, 0.5) is 0 Å². The van der Waals surface area contributed by atoms with Crippen LogP contribution in [-0.2, 0) is 14.6 Å². The predicted octanol–water partition coefficient (Wildman–Crippen LogP) is 1.03.